The zero-order chi connectivity index (χ0) is 15.6. The van der Waals surface area contributed by atoms with Crippen LogP contribution in [0.2, 0.25) is 0 Å². The van der Waals surface area contributed by atoms with Gasteiger partial charge in [0.25, 0.3) is 0 Å². The number of aromatic nitrogens is 1. The standard InChI is InChI=1S/C12H11BrN2O4S2/c1-7-10(12(16)17)2-9(3-11(7)13)21(18,19)15-5-8-4-14-6-20-8/h2-4,6,15H,5H2,1H3,(H,16,17). The van der Waals surface area contributed by atoms with Crippen molar-refractivity contribution in [3.8, 4) is 0 Å². The second-order valence-corrected chi connectivity index (χ2v) is 7.77. The Kier molecular flexibility index (Phi) is 4.77. The summed E-state index contributed by atoms with van der Waals surface area (Å²) in [6.45, 7) is 1.72. The van der Waals surface area contributed by atoms with Crippen molar-refractivity contribution in [3.63, 3.8) is 0 Å². The fourth-order valence-electron chi connectivity index (χ4n) is 1.61. The molecule has 1 heterocycles. The van der Waals surface area contributed by atoms with E-state index in [1.165, 1.54) is 17.4 Å². The minimum Gasteiger partial charge on any atom is -0.478 e. The number of nitrogens with one attached hydrogen (secondary N) is 1. The van der Waals surface area contributed by atoms with E-state index in [4.69, 9.17) is 5.11 Å². The molecule has 0 aliphatic carbocycles. The van der Waals surface area contributed by atoms with E-state index in [9.17, 15) is 13.2 Å². The van der Waals surface area contributed by atoms with Crippen LogP contribution in [0.4, 0.5) is 0 Å². The van der Waals surface area contributed by atoms with Gasteiger partial charge in [0, 0.05) is 22.1 Å². The number of benzene rings is 1. The Labute approximate surface area is 134 Å². The number of hydrogen-bond acceptors (Lipinski definition) is 5. The van der Waals surface area contributed by atoms with Crippen LogP contribution >= 0.6 is 27.3 Å². The molecular weight excluding hydrogens is 380 g/mol. The van der Waals surface area contributed by atoms with Crippen LogP contribution < -0.4 is 4.72 Å². The minimum atomic E-state index is -3.80. The number of carboxylic acids is 1. The normalized spacial score (nSPS) is 11.5. The van der Waals surface area contributed by atoms with Crippen LogP contribution in [0.5, 0.6) is 0 Å². The molecule has 0 unspecified atom stereocenters. The highest BCUT2D eigenvalue weighted by Gasteiger charge is 2.20. The topological polar surface area (TPSA) is 96.4 Å². The van der Waals surface area contributed by atoms with E-state index in [1.807, 2.05) is 0 Å². The molecule has 0 aliphatic heterocycles. The molecule has 1 aromatic carbocycles. The van der Waals surface area contributed by atoms with Gasteiger partial charge in [-0.1, -0.05) is 15.9 Å². The molecule has 0 saturated carbocycles. The molecule has 0 atom stereocenters. The number of sulfonamides is 1. The summed E-state index contributed by atoms with van der Waals surface area (Å²) in [4.78, 5) is 15.7. The van der Waals surface area contributed by atoms with Gasteiger partial charge >= 0.3 is 5.97 Å². The van der Waals surface area contributed by atoms with E-state index >= 15 is 0 Å². The van der Waals surface area contributed by atoms with Crippen LogP contribution in [0.25, 0.3) is 0 Å². The molecule has 9 heteroatoms. The Bertz CT molecular complexity index is 773. The van der Waals surface area contributed by atoms with Gasteiger partial charge in [0.05, 0.1) is 16.0 Å². The van der Waals surface area contributed by atoms with Gasteiger partial charge in [-0.3, -0.25) is 4.98 Å². The number of carboxylic acid groups (broad SMARTS) is 1. The molecule has 21 heavy (non-hydrogen) atoms. The number of carbonyl (C=O) groups is 1. The molecule has 2 N–H and O–H groups in total. The summed E-state index contributed by atoms with van der Waals surface area (Å²) in [5.74, 6) is -1.17. The van der Waals surface area contributed by atoms with Crippen molar-refractivity contribution in [2.75, 3.05) is 0 Å². The van der Waals surface area contributed by atoms with E-state index in [0.29, 0.717) is 10.0 Å². The Morgan fingerprint density at radius 1 is 1.48 bits per heavy atom. The van der Waals surface area contributed by atoms with E-state index < -0.39 is 16.0 Å². The summed E-state index contributed by atoms with van der Waals surface area (Å²) < 4.78 is 27.3. The lowest BCUT2D eigenvalue weighted by atomic mass is 10.1. The van der Waals surface area contributed by atoms with Crippen molar-refractivity contribution >= 4 is 43.3 Å². The Morgan fingerprint density at radius 3 is 2.76 bits per heavy atom. The smallest absolute Gasteiger partial charge is 0.336 e. The second kappa shape index (κ2) is 6.22. The predicted octanol–water partition coefficient (Wildman–Crippen LogP) is 2.39. The fourth-order valence-corrected chi connectivity index (χ4v) is 3.91. The molecule has 0 amide bonds. The van der Waals surface area contributed by atoms with Crippen LogP contribution in [0.3, 0.4) is 0 Å². The van der Waals surface area contributed by atoms with E-state index in [2.05, 4.69) is 25.6 Å². The van der Waals surface area contributed by atoms with Gasteiger partial charge in [-0.25, -0.2) is 17.9 Å². The zero-order valence-electron chi connectivity index (χ0n) is 10.8. The maximum absolute atomic E-state index is 12.2. The van der Waals surface area contributed by atoms with Gasteiger partial charge in [0.15, 0.2) is 0 Å². The SMILES string of the molecule is Cc1c(Br)cc(S(=O)(=O)NCc2cncs2)cc1C(=O)O. The lowest BCUT2D eigenvalue weighted by Gasteiger charge is -2.10. The summed E-state index contributed by atoms with van der Waals surface area (Å²) >= 11 is 4.52. The van der Waals surface area contributed by atoms with Crippen molar-refractivity contribution in [2.45, 2.75) is 18.4 Å². The predicted molar refractivity (Wildman–Crippen MR) is 82.0 cm³/mol. The number of halogens is 1. The monoisotopic (exact) mass is 390 g/mol. The van der Waals surface area contributed by atoms with Crippen molar-refractivity contribution in [3.05, 3.63) is 44.3 Å². The van der Waals surface area contributed by atoms with Crippen LogP contribution in [0.15, 0.2) is 33.2 Å². The summed E-state index contributed by atoms with van der Waals surface area (Å²) in [6.07, 6.45) is 1.57. The maximum atomic E-state index is 12.2. The average Bonchev–Trinajstić information content (AvgIpc) is 2.92. The molecule has 0 aliphatic rings. The Hall–Kier alpha value is -1.29. The van der Waals surface area contributed by atoms with Gasteiger partial charge < -0.3 is 5.11 Å². The van der Waals surface area contributed by atoms with Crippen LogP contribution in [-0.4, -0.2) is 24.5 Å². The van der Waals surface area contributed by atoms with E-state index in [0.717, 1.165) is 10.9 Å². The van der Waals surface area contributed by atoms with Gasteiger partial charge in [-0.2, -0.15) is 0 Å². The number of aromatic carboxylic acids is 1. The quantitative estimate of drug-likeness (QED) is 0.816. The lowest BCUT2D eigenvalue weighted by Crippen LogP contribution is -2.23. The number of rotatable bonds is 5. The molecular formula is C12H11BrN2O4S2. The number of nitrogens with zero attached hydrogens (tertiary/aromatic N) is 1. The van der Waals surface area contributed by atoms with Gasteiger partial charge in [-0.05, 0) is 24.6 Å². The number of hydrogen-bond donors (Lipinski definition) is 2. The molecule has 0 radical (unpaired) electrons. The highest BCUT2D eigenvalue weighted by atomic mass is 79.9. The third-order valence-electron chi connectivity index (χ3n) is 2.78. The zero-order valence-corrected chi connectivity index (χ0v) is 14.0. The molecule has 0 spiro atoms. The molecule has 0 bridgehead atoms. The first-order chi connectivity index (χ1) is 9.81. The highest BCUT2D eigenvalue weighted by molar-refractivity contribution is 9.10. The van der Waals surface area contributed by atoms with Crippen LogP contribution in [0.1, 0.15) is 20.8 Å². The Balaban J connectivity index is 2.33. The third-order valence-corrected chi connectivity index (χ3v) is 5.76. The van der Waals surface area contributed by atoms with Crippen molar-refractivity contribution in [1.29, 1.82) is 0 Å². The van der Waals surface area contributed by atoms with E-state index in [1.54, 1.807) is 18.6 Å². The first-order valence-corrected chi connectivity index (χ1v) is 8.87. The molecule has 6 nitrogen and oxygen atoms in total. The maximum Gasteiger partial charge on any atom is 0.336 e. The lowest BCUT2D eigenvalue weighted by molar-refractivity contribution is 0.0695. The van der Waals surface area contributed by atoms with E-state index in [-0.39, 0.29) is 17.0 Å². The third kappa shape index (κ3) is 3.67. The van der Waals surface area contributed by atoms with Crippen molar-refractivity contribution < 1.29 is 18.3 Å². The van der Waals surface area contributed by atoms with Gasteiger partial charge in [0.2, 0.25) is 10.0 Å². The highest BCUT2D eigenvalue weighted by Crippen LogP contribution is 2.25. The first-order valence-electron chi connectivity index (χ1n) is 5.72. The van der Waals surface area contributed by atoms with Gasteiger partial charge in [-0.15, -0.1) is 11.3 Å². The van der Waals surface area contributed by atoms with Crippen molar-refractivity contribution in [2.24, 2.45) is 0 Å². The summed E-state index contributed by atoms with van der Waals surface area (Å²) in [7, 11) is -3.80. The second-order valence-electron chi connectivity index (χ2n) is 4.18. The molecule has 0 saturated heterocycles. The minimum absolute atomic E-state index is 0.0532. The summed E-state index contributed by atoms with van der Waals surface area (Å²) in [6, 6.07) is 2.54. The molecule has 2 aromatic rings. The van der Waals surface area contributed by atoms with Crippen molar-refractivity contribution in [1.82, 2.24) is 9.71 Å². The van der Waals surface area contributed by atoms with Gasteiger partial charge in [0.1, 0.15) is 0 Å². The first kappa shape index (κ1) is 16.1. The molecule has 1 aromatic heterocycles. The molecule has 2 rings (SSSR count). The summed E-state index contributed by atoms with van der Waals surface area (Å²) in [5, 5.41) is 9.12. The fraction of sp³-hybridized carbons (Fsp3) is 0.167. The average molecular weight is 391 g/mol. The number of thiazole rings is 1. The van der Waals surface area contributed by atoms with Crippen LogP contribution in [0, 0.1) is 6.92 Å². The largest absolute Gasteiger partial charge is 0.478 e. The molecule has 112 valence electrons. The Morgan fingerprint density at radius 2 is 2.19 bits per heavy atom. The summed E-state index contributed by atoms with van der Waals surface area (Å²) in [5.41, 5.74) is 2.03. The molecule has 0 fully saturated rings. The van der Waals surface area contributed by atoms with Crippen LogP contribution in [-0.2, 0) is 16.6 Å².